The Bertz CT molecular complexity index is 773. The lowest BCUT2D eigenvalue weighted by Gasteiger charge is -2.04. The lowest BCUT2D eigenvalue weighted by Crippen LogP contribution is -1.95. The molecule has 0 saturated carbocycles. The van der Waals surface area contributed by atoms with E-state index in [1.165, 1.54) is 19.2 Å². The van der Waals surface area contributed by atoms with Crippen molar-refractivity contribution in [1.29, 1.82) is 0 Å². The first kappa shape index (κ1) is 13.2. The maximum Gasteiger partial charge on any atom is 0.261 e. The number of halogens is 2. The summed E-state index contributed by atoms with van der Waals surface area (Å²) in [5, 5.41) is 3.77. The second-order valence-corrected chi connectivity index (χ2v) is 4.23. The molecule has 0 aliphatic rings. The van der Waals surface area contributed by atoms with Gasteiger partial charge in [-0.2, -0.15) is 9.37 Å². The van der Waals surface area contributed by atoms with Crippen molar-refractivity contribution in [3.8, 4) is 28.6 Å². The molecule has 3 rings (SSSR count). The van der Waals surface area contributed by atoms with Crippen LogP contribution in [0.5, 0.6) is 5.75 Å². The molecule has 1 aromatic heterocycles. The van der Waals surface area contributed by atoms with Crippen LogP contribution in [-0.2, 0) is 0 Å². The molecule has 2 aromatic carbocycles. The summed E-state index contributed by atoms with van der Waals surface area (Å²) >= 11 is 0. The predicted octanol–water partition coefficient (Wildman–Crippen LogP) is 3.69. The van der Waals surface area contributed by atoms with E-state index >= 15 is 0 Å². The molecule has 0 N–H and O–H groups in total. The van der Waals surface area contributed by atoms with Gasteiger partial charge in [-0.15, -0.1) is 0 Å². The van der Waals surface area contributed by atoms with Crippen LogP contribution in [0.15, 0.2) is 47.0 Å². The van der Waals surface area contributed by atoms with Crippen LogP contribution in [0, 0.1) is 11.6 Å². The summed E-state index contributed by atoms with van der Waals surface area (Å²) < 4.78 is 37.4. The fourth-order valence-electron chi connectivity index (χ4n) is 1.89. The zero-order valence-electron chi connectivity index (χ0n) is 11.0. The summed E-state index contributed by atoms with van der Waals surface area (Å²) in [7, 11) is 1.26. The highest BCUT2D eigenvalue weighted by atomic mass is 19.2. The van der Waals surface area contributed by atoms with Crippen LogP contribution in [0.4, 0.5) is 8.78 Å². The number of ether oxygens (including phenoxy) is 1. The van der Waals surface area contributed by atoms with Crippen molar-refractivity contribution in [3.63, 3.8) is 0 Å². The molecule has 106 valence electrons. The fourth-order valence-corrected chi connectivity index (χ4v) is 1.89. The average molecular weight is 288 g/mol. The standard InChI is InChI=1S/C15H10F2N2O2/c1-20-11-8-7-10(12(16)13(11)17)15-18-14(19-21-15)9-5-3-2-4-6-9/h2-8H,1H3. The largest absolute Gasteiger partial charge is 0.494 e. The average Bonchev–Trinajstić information content (AvgIpc) is 3.00. The van der Waals surface area contributed by atoms with Crippen molar-refractivity contribution in [2.45, 2.75) is 0 Å². The highest BCUT2D eigenvalue weighted by Gasteiger charge is 2.20. The molecule has 0 atom stereocenters. The second kappa shape index (κ2) is 5.32. The van der Waals surface area contributed by atoms with E-state index in [0.29, 0.717) is 5.82 Å². The quantitative estimate of drug-likeness (QED) is 0.737. The van der Waals surface area contributed by atoms with Crippen molar-refractivity contribution in [3.05, 3.63) is 54.1 Å². The molecule has 0 amide bonds. The van der Waals surface area contributed by atoms with Crippen LogP contribution in [0.2, 0.25) is 0 Å². The molecule has 4 nitrogen and oxygen atoms in total. The van der Waals surface area contributed by atoms with Crippen LogP contribution < -0.4 is 4.74 Å². The zero-order valence-corrected chi connectivity index (χ0v) is 11.0. The normalized spacial score (nSPS) is 10.6. The third-order valence-corrected chi connectivity index (χ3v) is 2.96. The van der Waals surface area contributed by atoms with Gasteiger partial charge in [0.05, 0.1) is 12.7 Å². The summed E-state index contributed by atoms with van der Waals surface area (Å²) in [5.74, 6) is -2.14. The molecular weight excluding hydrogens is 278 g/mol. The first-order valence-corrected chi connectivity index (χ1v) is 6.12. The molecule has 0 radical (unpaired) electrons. The van der Waals surface area contributed by atoms with Gasteiger partial charge in [-0.05, 0) is 12.1 Å². The molecule has 0 bridgehead atoms. The molecule has 0 fully saturated rings. The van der Waals surface area contributed by atoms with Crippen LogP contribution in [-0.4, -0.2) is 17.3 Å². The number of aromatic nitrogens is 2. The van der Waals surface area contributed by atoms with E-state index in [1.54, 1.807) is 12.1 Å². The molecule has 6 heteroatoms. The van der Waals surface area contributed by atoms with E-state index in [4.69, 9.17) is 9.26 Å². The number of nitrogens with zero attached hydrogens (tertiary/aromatic N) is 2. The van der Waals surface area contributed by atoms with Gasteiger partial charge in [0.25, 0.3) is 5.89 Å². The SMILES string of the molecule is COc1ccc(-c2nc(-c3ccccc3)no2)c(F)c1F. The van der Waals surface area contributed by atoms with E-state index in [9.17, 15) is 8.78 Å². The van der Waals surface area contributed by atoms with Crippen LogP contribution in [0.25, 0.3) is 22.8 Å². The third kappa shape index (κ3) is 2.35. The van der Waals surface area contributed by atoms with Crippen molar-refractivity contribution >= 4 is 0 Å². The Morgan fingerprint density at radius 3 is 2.48 bits per heavy atom. The molecule has 0 spiro atoms. The minimum absolute atomic E-state index is 0.0899. The topological polar surface area (TPSA) is 48.2 Å². The fraction of sp³-hybridized carbons (Fsp3) is 0.0667. The van der Waals surface area contributed by atoms with E-state index in [2.05, 4.69) is 10.1 Å². The van der Waals surface area contributed by atoms with Crippen LogP contribution in [0.3, 0.4) is 0 Å². The molecule has 21 heavy (non-hydrogen) atoms. The summed E-state index contributed by atoms with van der Waals surface area (Å²) in [6.07, 6.45) is 0. The van der Waals surface area contributed by atoms with Crippen molar-refractivity contribution in [2.24, 2.45) is 0 Å². The molecule has 0 saturated heterocycles. The number of hydrogen-bond donors (Lipinski definition) is 0. The maximum absolute atomic E-state index is 14.0. The monoisotopic (exact) mass is 288 g/mol. The van der Waals surface area contributed by atoms with Crippen LogP contribution in [0.1, 0.15) is 0 Å². The summed E-state index contributed by atoms with van der Waals surface area (Å²) in [4.78, 5) is 4.08. The number of benzene rings is 2. The summed E-state index contributed by atoms with van der Waals surface area (Å²) in [6.45, 7) is 0. The van der Waals surface area contributed by atoms with Gasteiger partial charge < -0.3 is 9.26 Å². The molecule has 3 aromatic rings. The third-order valence-electron chi connectivity index (χ3n) is 2.96. The minimum atomic E-state index is -1.09. The Kier molecular flexibility index (Phi) is 3.35. The van der Waals surface area contributed by atoms with Gasteiger partial charge in [0.2, 0.25) is 11.6 Å². The highest BCUT2D eigenvalue weighted by molar-refractivity contribution is 5.61. The van der Waals surface area contributed by atoms with Crippen molar-refractivity contribution < 1.29 is 18.0 Å². The predicted molar refractivity (Wildman–Crippen MR) is 71.6 cm³/mol. The van der Waals surface area contributed by atoms with E-state index in [-0.39, 0.29) is 17.2 Å². The Morgan fingerprint density at radius 1 is 1.00 bits per heavy atom. The Hall–Kier alpha value is -2.76. The number of hydrogen-bond acceptors (Lipinski definition) is 4. The first-order chi connectivity index (χ1) is 10.2. The molecule has 1 heterocycles. The van der Waals surface area contributed by atoms with E-state index in [1.807, 2.05) is 18.2 Å². The van der Waals surface area contributed by atoms with Gasteiger partial charge in [-0.1, -0.05) is 35.5 Å². The number of rotatable bonds is 3. The van der Waals surface area contributed by atoms with Gasteiger partial charge >= 0.3 is 0 Å². The van der Waals surface area contributed by atoms with E-state index in [0.717, 1.165) is 5.56 Å². The summed E-state index contributed by atoms with van der Waals surface area (Å²) in [6, 6.07) is 11.7. The first-order valence-electron chi connectivity index (χ1n) is 6.12. The second-order valence-electron chi connectivity index (χ2n) is 4.23. The Balaban J connectivity index is 2.03. The zero-order chi connectivity index (χ0) is 14.8. The molecule has 0 unspecified atom stereocenters. The molecule has 0 aliphatic heterocycles. The van der Waals surface area contributed by atoms with Gasteiger partial charge in [-0.25, -0.2) is 4.39 Å². The van der Waals surface area contributed by atoms with Gasteiger partial charge in [0.1, 0.15) is 0 Å². The van der Waals surface area contributed by atoms with Crippen LogP contribution >= 0.6 is 0 Å². The van der Waals surface area contributed by atoms with E-state index < -0.39 is 11.6 Å². The Labute approximate surface area is 119 Å². The van der Waals surface area contributed by atoms with Gasteiger partial charge in [0, 0.05) is 5.56 Å². The molecular formula is C15H10F2N2O2. The summed E-state index contributed by atoms with van der Waals surface area (Å²) in [5.41, 5.74) is 0.616. The molecule has 0 aliphatic carbocycles. The van der Waals surface area contributed by atoms with Crippen molar-refractivity contribution in [2.75, 3.05) is 7.11 Å². The highest BCUT2D eigenvalue weighted by Crippen LogP contribution is 2.29. The maximum atomic E-state index is 14.0. The lowest BCUT2D eigenvalue weighted by molar-refractivity contribution is 0.371. The van der Waals surface area contributed by atoms with Gasteiger partial charge in [0.15, 0.2) is 11.6 Å². The lowest BCUT2D eigenvalue weighted by atomic mass is 10.2. The Morgan fingerprint density at radius 2 is 1.76 bits per heavy atom. The minimum Gasteiger partial charge on any atom is -0.494 e. The van der Waals surface area contributed by atoms with Gasteiger partial charge in [-0.3, -0.25) is 0 Å². The van der Waals surface area contributed by atoms with Crippen molar-refractivity contribution in [1.82, 2.24) is 10.1 Å². The smallest absolute Gasteiger partial charge is 0.261 e. The number of methoxy groups -OCH3 is 1.